The highest BCUT2D eigenvalue weighted by atomic mass is 35.5. The Bertz CT molecular complexity index is 749. The van der Waals surface area contributed by atoms with Gasteiger partial charge in [0.15, 0.2) is 6.23 Å². The summed E-state index contributed by atoms with van der Waals surface area (Å²) in [5.41, 5.74) is 1.85. The molecule has 0 spiro atoms. The third-order valence-corrected chi connectivity index (χ3v) is 4.41. The van der Waals surface area contributed by atoms with Gasteiger partial charge in [0.25, 0.3) is 5.24 Å². The van der Waals surface area contributed by atoms with Gasteiger partial charge in [0.2, 0.25) is 0 Å². The van der Waals surface area contributed by atoms with Crippen molar-refractivity contribution in [2.45, 2.75) is 12.8 Å². The topological polar surface area (TPSA) is 58.6 Å². The Kier molecular flexibility index (Phi) is 4.91. The van der Waals surface area contributed by atoms with E-state index in [1.54, 1.807) is 18.2 Å². The average Bonchev–Trinajstić information content (AvgIpc) is 2.85. The first-order chi connectivity index (χ1) is 11.1. The van der Waals surface area contributed by atoms with Gasteiger partial charge in [-0.25, -0.2) is 0 Å². The molecule has 23 heavy (non-hydrogen) atoms. The van der Waals surface area contributed by atoms with Crippen molar-refractivity contribution in [1.29, 1.82) is 0 Å². The molecule has 1 fully saturated rings. The quantitative estimate of drug-likeness (QED) is 0.876. The van der Waals surface area contributed by atoms with Crippen LogP contribution in [0.1, 0.15) is 11.1 Å². The molecule has 0 aliphatic carbocycles. The number of ether oxygens (including phenoxy) is 1. The number of amides is 1. The van der Waals surface area contributed by atoms with E-state index in [0.29, 0.717) is 22.3 Å². The van der Waals surface area contributed by atoms with Gasteiger partial charge in [-0.1, -0.05) is 48.0 Å². The van der Waals surface area contributed by atoms with Crippen LogP contribution in [0.25, 0.3) is 6.08 Å². The molecule has 1 heterocycles. The summed E-state index contributed by atoms with van der Waals surface area (Å²) in [7, 11) is 0. The number of benzene rings is 2. The van der Waals surface area contributed by atoms with Crippen molar-refractivity contribution >= 4 is 34.7 Å². The maximum absolute atomic E-state index is 11.2. The van der Waals surface area contributed by atoms with E-state index in [1.807, 2.05) is 36.4 Å². The third-order valence-electron chi connectivity index (χ3n) is 3.24. The number of hydrogen-bond acceptors (Lipinski definition) is 4. The molecule has 1 aliphatic rings. The molecule has 1 unspecified atom stereocenters. The molecule has 6 heteroatoms. The van der Waals surface area contributed by atoms with Gasteiger partial charge in [0.05, 0.1) is 5.02 Å². The largest absolute Gasteiger partial charge is 0.487 e. The Hall–Kier alpha value is -1.95. The van der Waals surface area contributed by atoms with Crippen LogP contribution in [0.3, 0.4) is 0 Å². The van der Waals surface area contributed by atoms with E-state index in [4.69, 9.17) is 16.3 Å². The standard InChI is InChI=1S/C17H14ClNO3S/c18-13-8-12(9-15-16(20)19-17(21)23-15)6-7-14(13)22-10-11-4-2-1-3-5-11/h1-9,16,20H,10H2,(H,19,21)/b15-9-. The van der Waals surface area contributed by atoms with Crippen molar-refractivity contribution in [3.05, 3.63) is 69.6 Å². The van der Waals surface area contributed by atoms with Gasteiger partial charge in [0, 0.05) is 4.91 Å². The first kappa shape index (κ1) is 15.9. The molecular formula is C17H14ClNO3S. The normalized spacial score (nSPS) is 19.0. The summed E-state index contributed by atoms with van der Waals surface area (Å²) in [6.07, 6.45) is 0.764. The fourth-order valence-electron chi connectivity index (χ4n) is 2.11. The molecule has 0 radical (unpaired) electrons. The zero-order valence-corrected chi connectivity index (χ0v) is 13.6. The first-order valence-corrected chi connectivity index (χ1v) is 8.15. The number of rotatable bonds is 4. The Balaban J connectivity index is 1.71. The highest BCUT2D eigenvalue weighted by molar-refractivity contribution is 8.17. The molecule has 4 nitrogen and oxygen atoms in total. The number of aliphatic hydroxyl groups excluding tert-OH is 1. The maximum atomic E-state index is 11.2. The van der Waals surface area contributed by atoms with Crippen molar-refractivity contribution in [2.75, 3.05) is 0 Å². The van der Waals surface area contributed by atoms with Crippen LogP contribution in [-0.2, 0) is 6.61 Å². The fraction of sp³-hybridized carbons (Fsp3) is 0.118. The summed E-state index contributed by atoms with van der Waals surface area (Å²) in [4.78, 5) is 11.7. The minimum absolute atomic E-state index is 0.266. The molecule has 3 rings (SSSR count). The van der Waals surface area contributed by atoms with Crippen LogP contribution in [0.2, 0.25) is 5.02 Å². The van der Waals surface area contributed by atoms with Gasteiger partial charge >= 0.3 is 0 Å². The highest BCUT2D eigenvalue weighted by Gasteiger charge is 2.25. The second-order valence-corrected chi connectivity index (χ2v) is 6.40. The molecule has 0 bridgehead atoms. The summed E-state index contributed by atoms with van der Waals surface area (Å²) in [6, 6.07) is 15.2. The van der Waals surface area contributed by atoms with E-state index in [9.17, 15) is 9.90 Å². The summed E-state index contributed by atoms with van der Waals surface area (Å²) < 4.78 is 5.71. The Morgan fingerprint density at radius 1 is 1.26 bits per heavy atom. The van der Waals surface area contributed by atoms with Gasteiger partial charge in [0.1, 0.15) is 12.4 Å². The maximum Gasteiger partial charge on any atom is 0.285 e. The Morgan fingerprint density at radius 2 is 2.04 bits per heavy atom. The zero-order valence-electron chi connectivity index (χ0n) is 12.0. The zero-order chi connectivity index (χ0) is 16.2. The summed E-state index contributed by atoms with van der Waals surface area (Å²) >= 11 is 7.21. The minimum Gasteiger partial charge on any atom is -0.487 e. The number of hydrogen-bond donors (Lipinski definition) is 2. The van der Waals surface area contributed by atoms with E-state index in [2.05, 4.69) is 5.32 Å². The predicted molar refractivity (Wildman–Crippen MR) is 92.3 cm³/mol. The second kappa shape index (κ2) is 7.08. The SMILES string of the molecule is O=C1NC(O)/C(=C/c2ccc(OCc3ccccc3)c(Cl)c2)S1. The highest BCUT2D eigenvalue weighted by Crippen LogP contribution is 2.31. The summed E-state index contributed by atoms with van der Waals surface area (Å²) in [5.74, 6) is 0.589. The lowest BCUT2D eigenvalue weighted by Gasteiger charge is -2.09. The van der Waals surface area contributed by atoms with Crippen molar-refractivity contribution in [3.8, 4) is 5.75 Å². The fourth-order valence-corrected chi connectivity index (χ4v) is 3.10. The van der Waals surface area contributed by atoms with Crippen molar-refractivity contribution in [1.82, 2.24) is 5.32 Å². The van der Waals surface area contributed by atoms with Crippen LogP contribution in [0.5, 0.6) is 5.75 Å². The smallest absolute Gasteiger partial charge is 0.285 e. The molecule has 2 aromatic rings. The van der Waals surface area contributed by atoms with Crippen molar-refractivity contribution < 1.29 is 14.6 Å². The molecule has 1 saturated heterocycles. The number of nitrogens with one attached hydrogen (secondary N) is 1. The number of carbonyl (C=O) groups excluding carboxylic acids is 1. The molecule has 0 aromatic heterocycles. The molecule has 1 aliphatic heterocycles. The average molecular weight is 348 g/mol. The van der Waals surface area contributed by atoms with Crippen molar-refractivity contribution in [3.63, 3.8) is 0 Å². The number of halogens is 1. The summed E-state index contributed by atoms with van der Waals surface area (Å²) in [5, 5.41) is 12.3. The van der Waals surface area contributed by atoms with Gasteiger partial charge in [-0.15, -0.1) is 0 Å². The molecular weight excluding hydrogens is 334 g/mol. The van der Waals surface area contributed by atoms with E-state index >= 15 is 0 Å². The van der Waals surface area contributed by atoms with Crippen LogP contribution in [-0.4, -0.2) is 16.6 Å². The molecule has 2 aromatic carbocycles. The van der Waals surface area contributed by atoms with E-state index in [0.717, 1.165) is 22.9 Å². The lowest BCUT2D eigenvalue weighted by molar-refractivity contribution is 0.192. The third kappa shape index (κ3) is 4.07. The van der Waals surface area contributed by atoms with E-state index in [1.165, 1.54) is 0 Å². The first-order valence-electron chi connectivity index (χ1n) is 6.96. The Labute approximate surface area is 143 Å². The monoisotopic (exact) mass is 347 g/mol. The molecule has 1 amide bonds. The van der Waals surface area contributed by atoms with Gasteiger partial charge in [-0.05, 0) is 41.1 Å². The van der Waals surface area contributed by atoms with Crippen LogP contribution in [0.15, 0.2) is 53.4 Å². The second-order valence-electron chi connectivity index (χ2n) is 4.95. The predicted octanol–water partition coefficient (Wildman–Crippen LogP) is 4.03. The van der Waals surface area contributed by atoms with Gasteiger partial charge < -0.3 is 15.2 Å². The van der Waals surface area contributed by atoms with Crippen LogP contribution >= 0.6 is 23.4 Å². The lowest BCUT2D eigenvalue weighted by Crippen LogP contribution is -2.24. The van der Waals surface area contributed by atoms with Crippen molar-refractivity contribution in [2.24, 2.45) is 0 Å². The molecule has 0 saturated carbocycles. The Morgan fingerprint density at radius 3 is 2.70 bits per heavy atom. The molecule has 1 atom stereocenters. The minimum atomic E-state index is -0.958. The molecule has 118 valence electrons. The van der Waals surface area contributed by atoms with Crippen LogP contribution in [0, 0.1) is 0 Å². The van der Waals surface area contributed by atoms with Gasteiger partial charge in [-0.2, -0.15) is 0 Å². The molecule has 2 N–H and O–H groups in total. The number of carbonyl (C=O) groups is 1. The van der Waals surface area contributed by atoms with Crippen LogP contribution < -0.4 is 10.1 Å². The van der Waals surface area contributed by atoms with E-state index < -0.39 is 6.23 Å². The number of thioether (sulfide) groups is 1. The summed E-state index contributed by atoms with van der Waals surface area (Å²) in [6.45, 7) is 0.438. The van der Waals surface area contributed by atoms with Crippen LogP contribution in [0.4, 0.5) is 4.79 Å². The van der Waals surface area contributed by atoms with E-state index in [-0.39, 0.29) is 5.24 Å². The lowest BCUT2D eigenvalue weighted by atomic mass is 10.2. The van der Waals surface area contributed by atoms with Gasteiger partial charge in [-0.3, -0.25) is 4.79 Å². The number of aliphatic hydroxyl groups is 1.